The van der Waals surface area contributed by atoms with Gasteiger partial charge in [0.05, 0.1) is 19.8 Å². The minimum absolute atomic E-state index is 0.0480. The van der Waals surface area contributed by atoms with E-state index in [1.54, 1.807) is 17.5 Å². The third-order valence-electron chi connectivity index (χ3n) is 5.02. The van der Waals surface area contributed by atoms with Crippen molar-refractivity contribution in [2.24, 2.45) is 0 Å². The van der Waals surface area contributed by atoms with Crippen LogP contribution in [0.3, 0.4) is 0 Å². The molecule has 1 aromatic rings. The number of hydrogen-bond acceptors (Lipinski definition) is 4. The maximum atomic E-state index is 12.4. The molecule has 1 aliphatic heterocycles. The van der Waals surface area contributed by atoms with Gasteiger partial charge < -0.3 is 9.64 Å². The summed E-state index contributed by atoms with van der Waals surface area (Å²) in [5.74, 6) is 0. The third kappa shape index (κ3) is 3.54. The van der Waals surface area contributed by atoms with Gasteiger partial charge in [-0.1, -0.05) is 12.5 Å². The van der Waals surface area contributed by atoms with Gasteiger partial charge in [-0.25, -0.2) is 13.1 Å². The van der Waals surface area contributed by atoms with Crippen LogP contribution in [0.25, 0.3) is 0 Å². The lowest BCUT2D eigenvalue weighted by atomic mass is 9.80. The Morgan fingerprint density at radius 1 is 1.23 bits per heavy atom. The largest absolute Gasteiger partial charge is 0.370 e. The number of thiophene rings is 1. The van der Waals surface area contributed by atoms with Crippen LogP contribution in [0, 0.1) is 0 Å². The lowest BCUT2D eigenvalue weighted by molar-refractivity contribution is -0.960. The molecule has 0 unspecified atom stereocenters. The molecule has 1 aliphatic carbocycles. The van der Waals surface area contributed by atoms with Crippen molar-refractivity contribution in [1.82, 2.24) is 4.72 Å². The highest BCUT2D eigenvalue weighted by atomic mass is 32.2. The molecule has 1 saturated carbocycles. The topological polar surface area (TPSA) is 59.8 Å². The molecule has 2 fully saturated rings. The average Bonchev–Trinajstić information content (AvgIpc) is 3.10. The predicted octanol–water partition coefficient (Wildman–Crippen LogP) is 0.644. The fraction of sp³-hybridized carbons (Fsp3) is 0.733. The second-order valence-electron chi connectivity index (χ2n) is 6.31. The van der Waals surface area contributed by atoms with Crippen LogP contribution < -0.4 is 9.62 Å². The summed E-state index contributed by atoms with van der Waals surface area (Å²) >= 11 is 1.27. The summed E-state index contributed by atoms with van der Waals surface area (Å²) in [5.41, 5.74) is 0.0480. The highest BCUT2D eigenvalue weighted by molar-refractivity contribution is 7.91. The minimum Gasteiger partial charge on any atom is -0.370 e. The van der Waals surface area contributed by atoms with Crippen LogP contribution in [-0.2, 0) is 14.8 Å². The second-order valence-corrected chi connectivity index (χ2v) is 9.26. The molecule has 0 atom stereocenters. The van der Waals surface area contributed by atoms with E-state index in [0.29, 0.717) is 10.8 Å². The molecule has 2 heterocycles. The number of sulfonamides is 1. The molecular weight excluding hydrogens is 320 g/mol. The van der Waals surface area contributed by atoms with Crippen molar-refractivity contribution < 1.29 is 18.1 Å². The van der Waals surface area contributed by atoms with Gasteiger partial charge in [-0.3, -0.25) is 0 Å². The number of quaternary nitrogens is 1. The molecule has 3 rings (SSSR count). The summed E-state index contributed by atoms with van der Waals surface area (Å²) in [6.07, 6.45) is 5.88. The molecule has 124 valence electrons. The normalized spacial score (nSPS) is 23.5. The van der Waals surface area contributed by atoms with Crippen molar-refractivity contribution in [3.8, 4) is 0 Å². The Kier molecular flexibility index (Phi) is 5.19. The molecular formula is C15H25N2O3S2+. The van der Waals surface area contributed by atoms with E-state index >= 15 is 0 Å². The summed E-state index contributed by atoms with van der Waals surface area (Å²) in [6, 6.07) is 3.45. The van der Waals surface area contributed by atoms with Crippen LogP contribution >= 0.6 is 11.3 Å². The van der Waals surface area contributed by atoms with E-state index in [1.165, 1.54) is 35.5 Å². The molecule has 0 bridgehead atoms. The quantitative estimate of drug-likeness (QED) is 0.824. The van der Waals surface area contributed by atoms with Crippen molar-refractivity contribution in [1.29, 1.82) is 0 Å². The Morgan fingerprint density at radius 3 is 2.59 bits per heavy atom. The van der Waals surface area contributed by atoms with Crippen LogP contribution in [0.2, 0.25) is 0 Å². The standard InChI is InChI=1S/C15H24N2O3S2/c18-22(19,14-5-4-12-21-14)16-13-15(6-2-1-3-7-15)17-8-10-20-11-9-17/h4-5,12,16H,1-3,6-11,13H2/p+1. The SMILES string of the molecule is O=S(=O)(NCC1([NH+]2CCOCC2)CCCCC1)c1cccs1. The second kappa shape index (κ2) is 6.97. The van der Waals surface area contributed by atoms with Gasteiger partial charge in [-0.2, -0.15) is 0 Å². The Bertz CT molecular complexity index is 560. The highest BCUT2D eigenvalue weighted by Gasteiger charge is 2.43. The van der Waals surface area contributed by atoms with Gasteiger partial charge in [0, 0.05) is 12.8 Å². The predicted molar refractivity (Wildman–Crippen MR) is 86.8 cm³/mol. The Hall–Kier alpha value is -0.470. The Balaban J connectivity index is 1.73. The van der Waals surface area contributed by atoms with Crippen LogP contribution in [0.4, 0.5) is 0 Å². The Labute approximate surface area is 136 Å². The first kappa shape index (κ1) is 16.4. The zero-order valence-corrected chi connectivity index (χ0v) is 14.5. The first-order valence-corrected chi connectivity index (χ1v) is 10.4. The van der Waals surface area contributed by atoms with E-state index in [0.717, 1.165) is 39.1 Å². The molecule has 2 N–H and O–H groups in total. The summed E-state index contributed by atoms with van der Waals surface area (Å²) < 4.78 is 33.6. The van der Waals surface area contributed by atoms with Crippen molar-refractivity contribution in [2.75, 3.05) is 32.8 Å². The van der Waals surface area contributed by atoms with Crippen LogP contribution in [0.5, 0.6) is 0 Å². The third-order valence-corrected chi connectivity index (χ3v) is 7.82. The van der Waals surface area contributed by atoms with Crippen molar-refractivity contribution >= 4 is 21.4 Å². The van der Waals surface area contributed by atoms with E-state index in [4.69, 9.17) is 4.74 Å². The van der Waals surface area contributed by atoms with E-state index in [9.17, 15) is 8.42 Å². The maximum Gasteiger partial charge on any atom is 0.250 e. The molecule has 7 heteroatoms. The van der Waals surface area contributed by atoms with Crippen LogP contribution in [0.15, 0.2) is 21.7 Å². The summed E-state index contributed by atoms with van der Waals surface area (Å²) in [6.45, 7) is 4.09. The summed E-state index contributed by atoms with van der Waals surface area (Å²) in [7, 11) is -3.37. The van der Waals surface area contributed by atoms with Crippen LogP contribution in [0.1, 0.15) is 32.1 Å². The van der Waals surface area contributed by atoms with Crippen LogP contribution in [-0.4, -0.2) is 46.8 Å². The van der Waals surface area contributed by atoms with Gasteiger partial charge >= 0.3 is 0 Å². The Morgan fingerprint density at radius 2 is 1.95 bits per heavy atom. The van der Waals surface area contributed by atoms with Gasteiger partial charge in [0.1, 0.15) is 22.8 Å². The number of hydrogen-bond donors (Lipinski definition) is 2. The van der Waals surface area contributed by atoms with Gasteiger partial charge in [0.2, 0.25) is 10.0 Å². The molecule has 0 amide bonds. The summed E-state index contributed by atoms with van der Waals surface area (Å²) in [5, 5.41) is 1.80. The van der Waals surface area contributed by atoms with Gasteiger partial charge in [-0.05, 0) is 24.3 Å². The van der Waals surface area contributed by atoms with Crippen molar-refractivity contribution in [3.05, 3.63) is 17.5 Å². The lowest BCUT2D eigenvalue weighted by Gasteiger charge is -2.44. The number of morpholine rings is 1. The lowest BCUT2D eigenvalue weighted by Crippen LogP contribution is -3.23. The fourth-order valence-electron chi connectivity index (χ4n) is 3.75. The fourth-order valence-corrected chi connectivity index (χ4v) is 5.92. The van der Waals surface area contributed by atoms with Gasteiger partial charge in [0.15, 0.2) is 0 Å². The number of rotatable bonds is 5. The summed E-state index contributed by atoms with van der Waals surface area (Å²) in [4.78, 5) is 1.52. The molecule has 2 aliphatic rings. The minimum atomic E-state index is -3.37. The van der Waals surface area contributed by atoms with Crippen molar-refractivity contribution in [3.63, 3.8) is 0 Å². The zero-order valence-electron chi connectivity index (χ0n) is 12.8. The smallest absolute Gasteiger partial charge is 0.250 e. The molecule has 22 heavy (non-hydrogen) atoms. The first-order valence-electron chi connectivity index (χ1n) is 8.09. The molecule has 0 spiro atoms. The molecule has 1 aromatic heterocycles. The van der Waals surface area contributed by atoms with E-state index in [2.05, 4.69) is 4.72 Å². The number of ether oxygens (including phenoxy) is 1. The van der Waals surface area contributed by atoms with Gasteiger partial charge in [0.25, 0.3) is 0 Å². The monoisotopic (exact) mass is 345 g/mol. The van der Waals surface area contributed by atoms with E-state index < -0.39 is 10.0 Å². The maximum absolute atomic E-state index is 12.4. The molecule has 1 saturated heterocycles. The number of nitrogens with one attached hydrogen (secondary N) is 2. The molecule has 0 aromatic carbocycles. The van der Waals surface area contributed by atoms with E-state index in [-0.39, 0.29) is 5.54 Å². The zero-order chi connectivity index (χ0) is 15.5. The molecule has 5 nitrogen and oxygen atoms in total. The average molecular weight is 346 g/mol. The first-order chi connectivity index (χ1) is 10.6. The van der Waals surface area contributed by atoms with Crippen molar-refractivity contribution in [2.45, 2.75) is 41.9 Å². The van der Waals surface area contributed by atoms with Gasteiger partial charge in [-0.15, -0.1) is 11.3 Å². The molecule has 0 radical (unpaired) electrons. The highest BCUT2D eigenvalue weighted by Crippen LogP contribution is 2.26. The van der Waals surface area contributed by atoms with E-state index in [1.807, 2.05) is 0 Å².